The van der Waals surface area contributed by atoms with E-state index >= 15 is 0 Å². The molecule has 0 atom stereocenters. The van der Waals surface area contributed by atoms with Crippen LogP contribution in [0, 0.1) is 5.82 Å². The van der Waals surface area contributed by atoms with Gasteiger partial charge in [-0.05, 0) is 25.3 Å². The molecule has 2 fully saturated rings. The molecule has 0 spiro atoms. The number of benzene rings is 1. The first-order chi connectivity index (χ1) is 9.71. The molecular formula is C15H19FN2O2. The van der Waals surface area contributed by atoms with Gasteiger partial charge in [0.2, 0.25) is 0 Å². The summed E-state index contributed by atoms with van der Waals surface area (Å²) in [6.45, 7) is 2.33. The van der Waals surface area contributed by atoms with E-state index in [0.29, 0.717) is 31.9 Å². The SMILES string of the molecule is O=C(NC1(c2ccccc2F)CCC1)N1CCOCC1. The fraction of sp³-hybridized carbons (Fsp3) is 0.533. The zero-order chi connectivity index (χ0) is 14.0. The van der Waals surface area contributed by atoms with E-state index in [-0.39, 0.29) is 11.8 Å². The Kier molecular flexibility index (Phi) is 3.61. The molecule has 0 bridgehead atoms. The lowest BCUT2D eigenvalue weighted by Crippen LogP contribution is -2.56. The van der Waals surface area contributed by atoms with Gasteiger partial charge >= 0.3 is 6.03 Å². The third-order valence-corrected chi connectivity index (χ3v) is 4.24. The molecule has 0 radical (unpaired) electrons. The van der Waals surface area contributed by atoms with Gasteiger partial charge in [0.1, 0.15) is 5.82 Å². The maximum atomic E-state index is 14.0. The second-order valence-corrected chi connectivity index (χ2v) is 5.45. The van der Waals surface area contributed by atoms with Gasteiger partial charge in [0.05, 0.1) is 18.8 Å². The molecule has 1 aromatic carbocycles. The smallest absolute Gasteiger partial charge is 0.318 e. The predicted octanol–water partition coefficient (Wildman–Crippen LogP) is 2.25. The highest BCUT2D eigenvalue weighted by Gasteiger charge is 2.42. The highest BCUT2D eigenvalue weighted by atomic mass is 19.1. The molecule has 0 unspecified atom stereocenters. The molecule has 20 heavy (non-hydrogen) atoms. The molecule has 3 rings (SSSR count). The minimum atomic E-state index is -0.527. The second kappa shape index (κ2) is 5.40. The summed E-state index contributed by atoms with van der Waals surface area (Å²) in [5.74, 6) is -0.241. The van der Waals surface area contributed by atoms with Gasteiger partial charge in [-0.2, -0.15) is 0 Å². The van der Waals surface area contributed by atoms with E-state index in [2.05, 4.69) is 5.32 Å². The van der Waals surface area contributed by atoms with E-state index in [1.807, 2.05) is 6.07 Å². The molecule has 0 aromatic heterocycles. The number of hydrogen-bond acceptors (Lipinski definition) is 2. The van der Waals surface area contributed by atoms with Crippen LogP contribution >= 0.6 is 0 Å². The molecule has 1 saturated heterocycles. The van der Waals surface area contributed by atoms with Crippen LogP contribution in [0.1, 0.15) is 24.8 Å². The molecule has 1 N–H and O–H groups in total. The van der Waals surface area contributed by atoms with Crippen LogP contribution in [0.25, 0.3) is 0 Å². The summed E-state index contributed by atoms with van der Waals surface area (Å²) in [6.07, 6.45) is 2.60. The summed E-state index contributed by atoms with van der Waals surface area (Å²) in [6, 6.07) is 6.61. The molecule has 4 nitrogen and oxygen atoms in total. The number of nitrogens with zero attached hydrogens (tertiary/aromatic N) is 1. The monoisotopic (exact) mass is 278 g/mol. The largest absolute Gasteiger partial charge is 0.378 e. The Hall–Kier alpha value is -1.62. The zero-order valence-corrected chi connectivity index (χ0v) is 11.4. The van der Waals surface area contributed by atoms with Gasteiger partial charge in [0.25, 0.3) is 0 Å². The van der Waals surface area contributed by atoms with Crippen molar-refractivity contribution < 1.29 is 13.9 Å². The number of hydrogen-bond donors (Lipinski definition) is 1. The topological polar surface area (TPSA) is 41.6 Å². The number of rotatable bonds is 2. The fourth-order valence-corrected chi connectivity index (χ4v) is 2.89. The Bertz CT molecular complexity index is 496. The van der Waals surface area contributed by atoms with Crippen LogP contribution in [0.2, 0.25) is 0 Å². The Morgan fingerprint density at radius 3 is 2.55 bits per heavy atom. The van der Waals surface area contributed by atoms with E-state index in [0.717, 1.165) is 19.3 Å². The van der Waals surface area contributed by atoms with Crippen LogP contribution in [-0.2, 0) is 10.3 Å². The number of halogens is 1. The number of amides is 2. The summed E-state index contributed by atoms with van der Waals surface area (Å²) in [5, 5.41) is 3.05. The van der Waals surface area contributed by atoms with Crippen molar-refractivity contribution in [2.75, 3.05) is 26.3 Å². The first-order valence-electron chi connectivity index (χ1n) is 7.11. The Labute approximate surface area is 117 Å². The molecule has 108 valence electrons. The average molecular weight is 278 g/mol. The zero-order valence-electron chi connectivity index (χ0n) is 11.4. The lowest BCUT2D eigenvalue weighted by atomic mass is 9.71. The van der Waals surface area contributed by atoms with Crippen LogP contribution in [0.3, 0.4) is 0 Å². The maximum Gasteiger partial charge on any atom is 0.318 e. The van der Waals surface area contributed by atoms with Gasteiger partial charge in [0, 0.05) is 18.7 Å². The number of morpholine rings is 1. The van der Waals surface area contributed by atoms with E-state index in [9.17, 15) is 9.18 Å². The van der Waals surface area contributed by atoms with Crippen LogP contribution in [0.5, 0.6) is 0 Å². The van der Waals surface area contributed by atoms with Crippen LogP contribution < -0.4 is 5.32 Å². The van der Waals surface area contributed by atoms with Crippen LogP contribution in [-0.4, -0.2) is 37.2 Å². The van der Waals surface area contributed by atoms with Gasteiger partial charge in [0.15, 0.2) is 0 Å². The molecule has 1 aliphatic heterocycles. The Morgan fingerprint density at radius 2 is 1.95 bits per heavy atom. The van der Waals surface area contributed by atoms with Crippen molar-refractivity contribution in [1.82, 2.24) is 10.2 Å². The number of carbonyl (C=O) groups excluding carboxylic acids is 1. The lowest BCUT2D eigenvalue weighted by Gasteiger charge is -2.44. The molecule has 1 saturated carbocycles. The van der Waals surface area contributed by atoms with Crippen molar-refractivity contribution in [3.63, 3.8) is 0 Å². The first-order valence-corrected chi connectivity index (χ1v) is 7.11. The minimum Gasteiger partial charge on any atom is -0.378 e. The molecule has 1 aromatic rings. The maximum absolute atomic E-state index is 14.0. The Morgan fingerprint density at radius 1 is 1.25 bits per heavy atom. The summed E-state index contributed by atoms with van der Waals surface area (Å²) in [7, 11) is 0. The quantitative estimate of drug-likeness (QED) is 0.901. The van der Waals surface area contributed by atoms with Crippen molar-refractivity contribution in [1.29, 1.82) is 0 Å². The van der Waals surface area contributed by atoms with E-state index in [1.165, 1.54) is 6.07 Å². The minimum absolute atomic E-state index is 0.115. The lowest BCUT2D eigenvalue weighted by molar-refractivity contribution is 0.0477. The van der Waals surface area contributed by atoms with Crippen molar-refractivity contribution in [3.05, 3.63) is 35.6 Å². The normalized spacial score (nSPS) is 21.1. The van der Waals surface area contributed by atoms with E-state index < -0.39 is 5.54 Å². The molecular weight excluding hydrogens is 259 g/mol. The molecule has 5 heteroatoms. The molecule has 2 amide bonds. The summed E-state index contributed by atoms with van der Waals surface area (Å²) in [4.78, 5) is 14.1. The fourth-order valence-electron chi connectivity index (χ4n) is 2.89. The average Bonchev–Trinajstić information content (AvgIpc) is 2.44. The van der Waals surface area contributed by atoms with Crippen molar-refractivity contribution in [2.24, 2.45) is 0 Å². The summed E-state index contributed by atoms with van der Waals surface area (Å²) >= 11 is 0. The van der Waals surface area contributed by atoms with E-state index in [1.54, 1.807) is 17.0 Å². The number of nitrogens with one attached hydrogen (secondary N) is 1. The van der Waals surface area contributed by atoms with Gasteiger partial charge in [-0.25, -0.2) is 9.18 Å². The first kappa shape index (κ1) is 13.4. The highest BCUT2D eigenvalue weighted by Crippen LogP contribution is 2.42. The molecule has 2 aliphatic rings. The highest BCUT2D eigenvalue weighted by molar-refractivity contribution is 5.75. The van der Waals surface area contributed by atoms with Crippen molar-refractivity contribution in [2.45, 2.75) is 24.8 Å². The van der Waals surface area contributed by atoms with Crippen LogP contribution in [0.4, 0.5) is 9.18 Å². The molecule has 1 aliphatic carbocycles. The van der Waals surface area contributed by atoms with Gasteiger partial charge < -0.3 is 15.0 Å². The van der Waals surface area contributed by atoms with Crippen molar-refractivity contribution in [3.8, 4) is 0 Å². The number of urea groups is 1. The Balaban J connectivity index is 1.76. The predicted molar refractivity (Wildman–Crippen MR) is 72.9 cm³/mol. The molecule has 1 heterocycles. The van der Waals surface area contributed by atoms with Gasteiger partial charge in [-0.3, -0.25) is 0 Å². The van der Waals surface area contributed by atoms with E-state index in [4.69, 9.17) is 4.74 Å². The second-order valence-electron chi connectivity index (χ2n) is 5.45. The number of carbonyl (C=O) groups is 1. The summed E-state index contributed by atoms with van der Waals surface area (Å²) < 4.78 is 19.3. The number of ether oxygens (including phenoxy) is 1. The van der Waals surface area contributed by atoms with Gasteiger partial charge in [-0.15, -0.1) is 0 Å². The third-order valence-electron chi connectivity index (χ3n) is 4.24. The summed E-state index contributed by atoms with van der Waals surface area (Å²) in [5.41, 5.74) is 0.0774. The van der Waals surface area contributed by atoms with Gasteiger partial charge in [-0.1, -0.05) is 18.2 Å². The van der Waals surface area contributed by atoms with Crippen molar-refractivity contribution >= 4 is 6.03 Å². The standard InChI is InChI=1S/C15H19FN2O2/c16-13-5-2-1-4-12(13)15(6-3-7-15)17-14(19)18-8-10-20-11-9-18/h1-2,4-5H,3,6-11H2,(H,17,19). The third kappa shape index (κ3) is 2.38. The van der Waals surface area contributed by atoms with Crippen LogP contribution in [0.15, 0.2) is 24.3 Å².